The van der Waals surface area contributed by atoms with Crippen LogP contribution in [-0.2, 0) is 11.0 Å². The molecule has 1 amide bonds. The number of carbonyl (C=O) groups excluding carboxylic acids is 1. The smallest absolute Gasteiger partial charge is 0.416 e. The summed E-state index contributed by atoms with van der Waals surface area (Å²) in [6.07, 6.45) is -8.53. The number of alkyl halides is 3. The molecule has 0 spiro atoms. The van der Waals surface area contributed by atoms with E-state index in [0.29, 0.717) is 6.07 Å². The number of halogens is 3. The van der Waals surface area contributed by atoms with Crippen LogP contribution in [0.2, 0.25) is 0 Å². The first-order valence-electron chi connectivity index (χ1n) is 6.09. The van der Waals surface area contributed by atoms with Crippen molar-refractivity contribution >= 4 is 11.9 Å². The molecule has 0 saturated carbocycles. The highest BCUT2D eigenvalue weighted by Crippen LogP contribution is 2.36. The van der Waals surface area contributed by atoms with Gasteiger partial charge in [-0.05, 0) is 17.7 Å². The second-order valence-electron chi connectivity index (χ2n) is 4.55. The van der Waals surface area contributed by atoms with E-state index in [1.54, 1.807) is 0 Å². The van der Waals surface area contributed by atoms with E-state index in [1.165, 1.54) is 0 Å². The number of carbonyl (C=O) groups is 2. The summed E-state index contributed by atoms with van der Waals surface area (Å²) in [5, 5.41) is 30.4. The number of carboxylic acids is 1. The zero-order valence-corrected chi connectivity index (χ0v) is 11.4. The normalized spacial score (nSPS) is 14.3. The lowest BCUT2D eigenvalue weighted by atomic mass is 9.96. The number of nitrogens with one attached hydrogen (secondary N) is 1. The van der Waals surface area contributed by atoms with E-state index < -0.39 is 53.5 Å². The fraction of sp³-hybridized carbons (Fsp3) is 0.385. The van der Waals surface area contributed by atoms with Crippen LogP contribution in [0.15, 0.2) is 18.2 Å². The van der Waals surface area contributed by atoms with Crippen molar-refractivity contribution in [1.29, 1.82) is 0 Å². The summed E-state index contributed by atoms with van der Waals surface area (Å²) in [5.74, 6) is -2.08. The summed E-state index contributed by atoms with van der Waals surface area (Å²) in [6.45, 7) is 0.691. The Labute approximate surface area is 123 Å². The number of amides is 1. The van der Waals surface area contributed by atoms with Crippen LogP contribution in [0.3, 0.4) is 0 Å². The Morgan fingerprint density at radius 3 is 2.32 bits per heavy atom. The topological polar surface area (TPSA) is 107 Å². The van der Waals surface area contributed by atoms with Crippen LogP contribution in [0.4, 0.5) is 13.2 Å². The first-order valence-corrected chi connectivity index (χ1v) is 6.09. The molecule has 0 bridgehead atoms. The van der Waals surface area contributed by atoms with Gasteiger partial charge in [0.1, 0.15) is 12.2 Å². The zero-order valence-electron chi connectivity index (χ0n) is 11.4. The minimum absolute atomic E-state index is 0.381. The van der Waals surface area contributed by atoms with Gasteiger partial charge in [-0.1, -0.05) is 6.07 Å². The van der Waals surface area contributed by atoms with E-state index in [4.69, 9.17) is 5.11 Å². The lowest BCUT2D eigenvalue weighted by molar-refractivity contribution is -0.140. The molecule has 0 radical (unpaired) electrons. The highest BCUT2D eigenvalue weighted by molar-refractivity contribution is 5.88. The van der Waals surface area contributed by atoms with E-state index in [0.717, 1.165) is 19.1 Å². The van der Waals surface area contributed by atoms with Gasteiger partial charge in [0.05, 0.1) is 11.1 Å². The summed E-state index contributed by atoms with van der Waals surface area (Å²) < 4.78 is 38.9. The third-order valence-electron chi connectivity index (χ3n) is 2.85. The van der Waals surface area contributed by atoms with Crippen molar-refractivity contribution in [3.05, 3.63) is 34.9 Å². The van der Waals surface area contributed by atoms with Crippen molar-refractivity contribution in [2.24, 2.45) is 0 Å². The largest absolute Gasteiger partial charge is 0.478 e. The first-order chi connectivity index (χ1) is 10.0. The molecule has 0 saturated heterocycles. The molecule has 122 valence electrons. The molecular weight excluding hydrogens is 307 g/mol. The van der Waals surface area contributed by atoms with Crippen LogP contribution in [0, 0.1) is 0 Å². The average molecular weight is 321 g/mol. The van der Waals surface area contributed by atoms with Crippen LogP contribution >= 0.6 is 0 Å². The number of benzene rings is 1. The van der Waals surface area contributed by atoms with Gasteiger partial charge in [0.25, 0.3) is 0 Å². The number of hydrogen-bond acceptors (Lipinski definition) is 4. The fourth-order valence-electron chi connectivity index (χ4n) is 1.76. The van der Waals surface area contributed by atoms with Crippen LogP contribution in [-0.4, -0.2) is 39.8 Å². The first kappa shape index (κ1) is 17.9. The average Bonchev–Trinajstić information content (AvgIpc) is 2.42. The fourth-order valence-corrected chi connectivity index (χ4v) is 1.76. The highest BCUT2D eigenvalue weighted by atomic mass is 19.4. The summed E-state index contributed by atoms with van der Waals surface area (Å²) >= 11 is 0. The van der Waals surface area contributed by atoms with E-state index in [1.807, 2.05) is 0 Å². The van der Waals surface area contributed by atoms with Crippen LogP contribution < -0.4 is 5.32 Å². The Morgan fingerprint density at radius 1 is 1.27 bits per heavy atom. The molecule has 2 unspecified atom stereocenters. The molecule has 9 heteroatoms. The standard InChI is InChI=1S/C13H14F3NO5/c1-6(18)17-5-10(19)11(20)8-3-2-7(12(21)22)4-9(8)13(14,15)16/h2-4,10-11,19-20H,5H2,1H3,(H,17,18)(H,21,22). The highest BCUT2D eigenvalue weighted by Gasteiger charge is 2.37. The lowest BCUT2D eigenvalue weighted by Gasteiger charge is -2.22. The molecule has 1 rings (SSSR count). The Bertz CT molecular complexity index is 573. The number of hydrogen-bond donors (Lipinski definition) is 4. The van der Waals surface area contributed by atoms with Gasteiger partial charge in [-0.15, -0.1) is 0 Å². The predicted octanol–water partition coefficient (Wildman–Crippen LogP) is 0.934. The molecule has 1 aromatic rings. The van der Waals surface area contributed by atoms with E-state index >= 15 is 0 Å². The van der Waals surface area contributed by atoms with Crippen LogP contribution in [0.1, 0.15) is 34.5 Å². The molecule has 0 aliphatic carbocycles. The summed E-state index contributed by atoms with van der Waals surface area (Å²) in [5.41, 5.74) is -2.63. The molecule has 22 heavy (non-hydrogen) atoms. The van der Waals surface area contributed by atoms with Gasteiger partial charge in [-0.2, -0.15) is 13.2 Å². The Kier molecular flexibility index (Phi) is 5.50. The number of rotatable bonds is 5. The Balaban J connectivity index is 3.17. The summed E-state index contributed by atoms with van der Waals surface area (Å²) in [7, 11) is 0. The monoisotopic (exact) mass is 321 g/mol. The van der Waals surface area contributed by atoms with Gasteiger partial charge < -0.3 is 20.6 Å². The SMILES string of the molecule is CC(=O)NCC(O)C(O)c1ccc(C(=O)O)cc1C(F)(F)F. The van der Waals surface area contributed by atoms with Gasteiger partial charge in [-0.25, -0.2) is 4.79 Å². The van der Waals surface area contributed by atoms with Crippen molar-refractivity contribution in [2.75, 3.05) is 6.54 Å². The summed E-state index contributed by atoms with van der Waals surface area (Å²) in [6, 6.07) is 2.06. The second-order valence-corrected chi connectivity index (χ2v) is 4.55. The van der Waals surface area contributed by atoms with Gasteiger partial charge in [-0.3, -0.25) is 4.79 Å². The molecule has 1 aromatic carbocycles. The Hall–Kier alpha value is -2.13. The third kappa shape index (κ3) is 4.43. The molecule has 2 atom stereocenters. The lowest BCUT2D eigenvalue weighted by Crippen LogP contribution is -2.35. The maximum absolute atomic E-state index is 13.0. The van der Waals surface area contributed by atoms with Crippen molar-refractivity contribution in [3.8, 4) is 0 Å². The molecule has 4 N–H and O–H groups in total. The van der Waals surface area contributed by atoms with Crippen LogP contribution in [0.25, 0.3) is 0 Å². The number of aromatic carboxylic acids is 1. The minimum atomic E-state index is -4.91. The molecule has 0 aliphatic rings. The van der Waals surface area contributed by atoms with E-state index in [-0.39, 0.29) is 0 Å². The molecule has 0 heterocycles. The maximum Gasteiger partial charge on any atom is 0.416 e. The Morgan fingerprint density at radius 2 is 1.86 bits per heavy atom. The van der Waals surface area contributed by atoms with Crippen molar-refractivity contribution < 1.29 is 38.1 Å². The molecule has 0 aliphatic heterocycles. The quantitative estimate of drug-likeness (QED) is 0.645. The van der Waals surface area contributed by atoms with Gasteiger partial charge in [0.15, 0.2) is 0 Å². The second kappa shape index (κ2) is 6.75. The van der Waals surface area contributed by atoms with Crippen molar-refractivity contribution in [1.82, 2.24) is 5.32 Å². The maximum atomic E-state index is 13.0. The van der Waals surface area contributed by atoms with Crippen molar-refractivity contribution in [3.63, 3.8) is 0 Å². The van der Waals surface area contributed by atoms with E-state index in [9.17, 15) is 33.0 Å². The molecule has 6 nitrogen and oxygen atoms in total. The van der Waals surface area contributed by atoms with Gasteiger partial charge >= 0.3 is 12.1 Å². The van der Waals surface area contributed by atoms with Crippen LogP contribution in [0.5, 0.6) is 0 Å². The molecular formula is C13H14F3NO5. The van der Waals surface area contributed by atoms with Gasteiger partial charge in [0.2, 0.25) is 5.91 Å². The molecule has 0 fully saturated rings. The van der Waals surface area contributed by atoms with E-state index in [2.05, 4.69) is 5.32 Å². The predicted molar refractivity (Wildman–Crippen MR) is 68.1 cm³/mol. The number of aliphatic hydroxyl groups is 2. The number of carboxylic acid groups (broad SMARTS) is 1. The number of aliphatic hydroxyl groups excluding tert-OH is 2. The van der Waals surface area contributed by atoms with Gasteiger partial charge in [0, 0.05) is 13.5 Å². The molecule has 0 aromatic heterocycles. The zero-order chi connectivity index (χ0) is 17.1. The minimum Gasteiger partial charge on any atom is -0.478 e. The third-order valence-corrected chi connectivity index (χ3v) is 2.85. The van der Waals surface area contributed by atoms with Crippen molar-refractivity contribution in [2.45, 2.75) is 25.3 Å². The summed E-state index contributed by atoms with van der Waals surface area (Å²) in [4.78, 5) is 21.4.